The Morgan fingerprint density at radius 1 is 1.14 bits per heavy atom. The smallest absolute Gasteiger partial charge is 0.226 e. The molecule has 2 aromatic carbocycles. The van der Waals surface area contributed by atoms with Gasteiger partial charge >= 0.3 is 0 Å². The van der Waals surface area contributed by atoms with Gasteiger partial charge in [0.05, 0.1) is 7.11 Å². The fraction of sp³-hybridized carbons (Fsp3) is 0.188. The van der Waals surface area contributed by atoms with E-state index in [2.05, 4.69) is 10.6 Å². The number of hydrogen-bond donors (Lipinski definition) is 2. The van der Waals surface area contributed by atoms with E-state index in [9.17, 15) is 4.79 Å². The van der Waals surface area contributed by atoms with Crippen LogP contribution in [0.15, 0.2) is 48.5 Å². The van der Waals surface area contributed by atoms with E-state index in [0.717, 1.165) is 11.4 Å². The number of hydrogen-bond acceptors (Lipinski definition) is 3. The summed E-state index contributed by atoms with van der Waals surface area (Å²) in [6, 6.07) is 14.7. The van der Waals surface area contributed by atoms with E-state index in [4.69, 9.17) is 16.3 Å². The Balaban J connectivity index is 1.79. The van der Waals surface area contributed by atoms with Crippen molar-refractivity contribution in [1.29, 1.82) is 0 Å². The van der Waals surface area contributed by atoms with Crippen LogP contribution in [0.5, 0.6) is 5.75 Å². The number of carbonyl (C=O) groups excluding carboxylic acids is 1. The molecule has 5 heteroatoms. The third-order valence-electron chi connectivity index (χ3n) is 2.86. The fourth-order valence-electron chi connectivity index (χ4n) is 1.84. The molecule has 0 aliphatic rings. The zero-order valence-corrected chi connectivity index (χ0v) is 12.5. The van der Waals surface area contributed by atoms with Gasteiger partial charge in [-0.25, -0.2) is 0 Å². The number of methoxy groups -OCH3 is 1. The maximum absolute atomic E-state index is 11.8. The first kappa shape index (κ1) is 15.2. The molecule has 110 valence electrons. The van der Waals surface area contributed by atoms with Crippen molar-refractivity contribution in [3.63, 3.8) is 0 Å². The van der Waals surface area contributed by atoms with Crippen LogP contribution in [-0.4, -0.2) is 19.6 Å². The molecule has 0 heterocycles. The van der Waals surface area contributed by atoms with E-state index in [0.29, 0.717) is 23.7 Å². The quantitative estimate of drug-likeness (QED) is 0.853. The van der Waals surface area contributed by atoms with Gasteiger partial charge < -0.3 is 15.4 Å². The number of nitrogens with one attached hydrogen (secondary N) is 2. The van der Waals surface area contributed by atoms with Crippen LogP contribution in [0.4, 0.5) is 11.4 Å². The first-order valence-electron chi connectivity index (χ1n) is 6.61. The maximum Gasteiger partial charge on any atom is 0.226 e. The van der Waals surface area contributed by atoms with Gasteiger partial charge in [0.15, 0.2) is 0 Å². The van der Waals surface area contributed by atoms with Crippen LogP contribution in [0.3, 0.4) is 0 Å². The molecule has 0 aromatic heterocycles. The van der Waals surface area contributed by atoms with E-state index in [1.807, 2.05) is 24.3 Å². The van der Waals surface area contributed by atoms with Crippen LogP contribution in [0.1, 0.15) is 6.42 Å². The van der Waals surface area contributed by atoms with Crippen molar-refractivity contribution < 1.29 is 9.53 Å². The number of ether oxygens (including phenoxy) is 1. The Bertz CT molecular complexity index is 617. The predicted octanol–water partition coefficient (Wildman–Crippen LogP) is 3.79. The van der Waals surface area contributed by atoms with Gasteiger partial charge in [-0.3, -0.25) is 4.79 Å². The summed E-state index contributed by atoms with van der Waals surface area (Å²) in [5.74, 6) is 0.719. The second-order valence-electron chi connectivity index (χ2n) is 4.47. The normalized spacial score (nSPS) is 10.0. The molecule has 21 heavy (non-hydrogen) atoms. The maximum atomic E-state index is 11.8. The highest BCUT2D eigenvalue weighted by Gasteiger charge is 2.03. The summed E-state index contributed by atoms with van der Waals surface area (Å²) < 4.78 is 5.14. The summed E-state index contributed by atoms with van der Waals surface area (Å²) in [5, 5.41) is 6.58. The summed E-state index contributed by atoms with van der Waals surface area (Å²) >= 11 is 5.87. The highest BCUT2D eigenvalue weighted by atomic mass is 35.5. The monoisotopic (exact) mass is 304 g/mol. The molecule has 2 N–H and O–H groups in total. The molecule has 1 amide bonds. The molecule has 4 nitrogen and oxygen atoms in total. The predicted molar refractivity (Wildman–Crippen MR) is 86.2 cm³/mol. The van der Waals surface area contributed by atoms with E-state index in [1.165, 1.54) is 0 Å². The van der Waals surface area contributed by atoms with Gasteiger partial charge in [-0.1, -0.05) is 23.7 Å². The van der Waals surface area contributed by atoms with Gasteiger partial charge in [0, 0.05) is 35.4 Å². The molecule has 0 spiro atoms. The van der Waals surface area contributed by atoms with E-state index >= 15 is 0 Å². The Labute approximate surface area is 129 Å². The summed E-state index contributed by atoms with van der Waals surface area (Å²) in [7, 11) is 1.62. The molecule has 0 fully saturated rings. The molecular weight excluding hydrogens is 288 g/mol. The van der Waals surface area contributed by atoms with Crippen LogP contribution < -0.4 is 15.4 Å². The van der Waals surface area contributed by atoms with Gasteiger partial charge in [-0.15, -0.1) is 0 Å². The van der Waals surface area contributed by atoms with Crippen LogP contribution in [-0.2, 0) is 4.79 Å². The highest BCUT2D eigenvalue weighted by molar-refractivity contribution is 6.30. The highest BCUT2D eigenvalue weighted by Crippen LogP contribution is 2.17. The molecule has 0 aliphatic carbocycles. The van der Waals surface area contributed by atoms with Crippen LogP contribution in [0.25, 0.3) is 0 Å². The first-order chi connectivity index (χ1) is 10.2. The Morgan fingerprint density at radius 2 is 1.90 bits per heavy atom. The molecule has 0 bridgehead atoms. The number of rotatable bonds is 6. The number of benzene rings is 2. The lowest BCUT2D eigenvalue weighted by atomic mass is 10.3. The van der Waals surface area contributed by atoms with Crippen molar-refractivity contribution in [1.82, 2.24) is 0 Å². The zero-order chi connectivity index (χ0) is 15.1. The van der Waals surface area contributed by atoms with Crippen molar-refractivity contribution in [2.24, 2.45) is 0 Å². The molecule has 0 aliphatic heterocycles. The van der Waals surface area contributed by atoms with Crippen molar-refractivity contribution in [2.45, 2.75) is 6.42 Å². The first-order valence-corrected chi connectivity index (χ1v) is 6.98. The minimum atomic E-state index is -0.0623. The van der Waals surface area contributed by atoms with Crippen molar-refractivity contribution >= 4 is 28.9 Å². The van der Waals surface area contributed by atoms with Crippen LogP contribution in [0, 0.1) is 0 Å². The van der Waals surface area contributed by atoms with Crippen molar-refractivity contribution in [3.8, 4) is 5.75 Å². The molecular formula is C16H17ClN2O2. The number of anilines is 2. The largest absolute Gasteiger partial charge is 0.497 e. The van der Waals surface area contributed by atoms with Crippen LogP contribution in [0.2, 0.25) is 5.02 Å². The van der Waals surface area contributed by atoms with Gasteiger partial charge in [-0.2, -0.15) is 0 Å². The Morgan fingerprint density at radius 3 is 2.67 bits per heavy atom. The minimum Gasteiger partial charge on any atom is -0.497 e. The summed E-state index contributed by atoms with van der Waals surface area (Å²) in [6.45, 7) is 0.541. The second-order valence-corrected chi connectivity index (χ2v) is 4.90. The molecule has 0 unspecified atom stereocenters. The standard InChI is InChI=1S/C16H17ClN2O2/c1-21-15-7-3-5-13(11-15)18-9-8-16(20)19-14-6-2-4-12(17)10-14/h2-7,10-11,18H,8-9H2,1H3,(H,19,20). The van der Waals surface area contributed by atoms with E-state index in [-0.39, 0.29) is 5.91 Å². The summed E-state index contributed by atoms with van der Waals surface area (Å²) in [4.78, 5) is 11.8. The molecule has 0 radical (unpaired) electrons. The SMILES string of the molecule is COc1cccc(NCCC(=O)Nc2cccc(Cl)c2)c1. The molecule has 2 rings (SSSR count). The minimum absolute atomic E-state index is 0.0623. The summed E-state index contributed by atoms with van der Waals surface area (Å²) in [5.41, 5.74) is 1.62. The molecule has 0 saturated carbocycles. The Kier molecular flexibility index (Phi) is 5.46. The summed E-state index contributed by atoms with van der Waals surface area (Å²) in [6.07, 6.45) is 0.365. The lowest BCUT2D eigenvalue weighted by molar-refractivity contribution is -0.115. The van der Waals surface area contributed by atoms with E-state index < -0.39 is 0 Å². The number of halogens is 1. The van der Waals surface area contributed by atoms with Gasteiger partial charge in [0.2, 0.25) is 5.91 Å². The van der Waals surface area contributed by atoms with E-state index in [1.54, 1.807) is 31.4 Å². The lowest BCUT2D eigenvalue weighted by Crippen LogP contribution is -2.16. The molecule has 0 atom stereocenters. The average Bonchev–Trinajstić information content (AvgIpc) is 2.47. The lowest BCUT2D eigenvalue weighted by Gasteiger charge is -2.09. The average molecular weight is 305 g/mol. The molecule has 2 aromatic rings. The van der Waals surface area contributed by atoms with Gasteiger partial charge in [0.25, 0.3) is 0 Å². The fourth-order valence-corrected chi connectivity index (χ4v) is 2.03. The third-order valence-corrected chi connectivity index (χ3v) is 3.09. The van der Waals surface area contributed by atoms with Gasteiger partial charge in [0.1, 0.15) is 5.75 Å². The van der Waals surface area contributed by atoms with Gasteiger partial charge in [-0.05, 0) is 30.3 Å². The number of carbonyl (C=O) groups is 1. The molecule has 0 saturated heterocycles. The Hall–Kier alpha value is -2.20. The topological polar surface area (TPSA) is 50.4 Å². The zero-order valence-electron chi connectivity index (χ0n) is 11.7. The number of amides is 1. The second kappa shape index (κ2) is 7.55. The van der Waals surface area contributed by atoms with Crippen LogP contribution >= 0.6 is 11.6 Å². The third kappa shape index (κ3) is 5.00. The van der Waals surface area contributed by atoms with Crippen molar-refractivity contribution in [3.05, 3.63) is 53.6 Å². The van der Waals surface area contributed by atoms with Crippen molar-refractivity contribution in [2.75, 3.05) is 24.3 Å².